The molecule has 1 aliphatic heterocycles. The highest BCUT2D eigenvalue weighted by Crippen LogP contribution is 2.43. The molecule has 0 aliphatic carbocycles. The van der Waals surface area contributed by atoms with Crippen LogP contribution in [0.25, 0.3) is 11.1 Å². The highest BCUT2D eigenvalue weighted by molar-refractivity contribution is 8.01. The molecule has 3 aromatic carbocycles. The number of aliphatic carboxylic acids is 1. The first-order chi connectivity index (χ1) is 21.8. The summed E-state index contributed by atoms with van der Waals surface area (Å²) >= 11 is 3.21. The summed E-state index contributed by atoms with van der Waals surface area (Å²) < 4.78 is 14.1. The fourth-order valence-electron chi connectivity index (χ4n) is 5.26. The number of carboxylic acids is 1. The van der Waals surface area contributed by atoms with Gasteiger partial charge in [0.15, 0.2) is 10.6 Å². The Balaban J connectivity index is 1.32. The van der Waals surface area contributed by atoms with Gasteiger partial charge in [0.2, 0.25) is 5.91 Å². The van der Waals surface area contributed by atoms with Gasteiger partial charge in [-0.25, -0.2) is 0 Å². The van der Waals surface area contributed by atoms with Crippen molar-refractivity contribution in [1.82, 2.24) is 15.5 Å². The lowest BCUT2D eigenvalue weighted by Crippen LogP contribution is -2.38. The van der Waals surface area contributed by atoms with Gasteiger partial charge < -0.3 is 25.0 Å². The molecule has 4 aromatic rings. The Morgan fingerprint density at radius 1 is 0.956 bits per heavy atom. The zero-order chi connectivity index (χ0) is 31.8. The summed E-state index contributed by atoms with van der Waals surface area (Å²) in [7, 11) is 0. The third kappa shape index (κ3) is 8.77. The minimum absolute atomic E-state index is 0.0116. The Morgan fingerprint density at radius 2 is 1.69 bits per heavy atom. The number of aryl methyl sites for hydroxylation is 1. The number of hydrogen-bond donors (Lipinski definition) is 3. The van der Waals surface area contributed by atoms with Crippen molar-refractivity contribution >= 4 is 35.0 Å². The monoisotopic (exact) mass is 647 g/mol. The van der Waals surface area contributed by atoms with E-state index in [0.29, 0.717) is 18.7 Å². The molecule has 0 spiro atoms. The van der Waals surface area contributed by atoms with Crippen LogP contribution in [0.2, 0.25) is 0 Å². The van der Waals surface area contributed by atoms with Gasteiger partial charge in [-0.1, -0.05) is 103 Å². The Kier molecular flexibility index (Phi) is 11.4. The summed E-state index contributed by atoms with van der Waals surface area (Å²) in [5.41, 5.74) is 5.73. The third-order valence-corrected chi connectivity index (χ3v) is 9.84. The predicted molar refractivity (Wildman–Crippen MR) is 174 cm³/mol. The number of aliphatic hydroxyl groups excluding tert-OH is 1. The van der Waals surface area contributed by atoms with Crippen LogP contribution in [0.3, 0.4) is 0 Å². The first-order valence-corrected chi connectivity index (χ1v) is 16.7. The van der Waals surface area contributed by atoms with Crippen LogP contribution in [-0.4, -0.2) is 44.1 Å². The fraction of sp³-hybridized carbons (Fsp3) is 0.353. The van der Waals surface area contributed by atoms with Crippen LogP contribution in [0.1, 0.15) is 65.8 Å². The molecule has 1 amide bonds. The number of nitrogens with one attached hydrogen (secondary N) is 1. The Hall–Kier alpha value is -3.61. The maximum Gasteiger partial charge on any atom is 0.303 e. The molecule has 2 heterocycles. The first-order valence-electron chi connectivity index (χ1n) is 14.9. The topological polar surface area (TPSA) is 131 Å². The predicted octanol–water partition coefficient (Wildman–Crippen LogP) is 6.46. The van der Waals surface area contributed by atoms with E-state index in [1.807, 2.05) is 79.7 Å². The lowest BCUT2D eigenvalue weighted by atomic mass is 9.91. The second kappa shape index (κ2) is 15.6. The second-order valence-corrected chi connectivity index (χ2v) is 13.5. The van der Waals surface area contributed by atoms with E-state index in [1.54, 1.807) is 23.1 Å². The van der Waals surface area contributed by atoms with Crippen LogP contribution in [0.5, 0.6) is 0 Å². The van der Waals surface area contributed by atoms with E-state index in [9.17, 15) is 14.7 Å². The molecule has 9 nitrogen and oxygen atoms in total. The van der Waals surface area contributed by atoms with Crippen molar-refractivity contribution in [2.24, 2.45) is 5.92 Å². The van der Waals surface area contributed by atoms with Crippen LogP contribution < -0.4 is 5.32 Å². The molecule has 1 fully saturated rings. The van der Waals surface area contributed by atoms with Crippen LogP contribution in [0.15, 0.2) is 77.1 Å². The van der Waals surface area contributed by atoms with E-state index in [4.69, 9.17) is 14.6 Å². The standard InChI is InChI=1S/C34H37N3O6S2/c1-21-29(20-44-34-37-36-22(2)45-34)42-33(43-32(21)25-12-10-23(19-38)11-13-25)26-16-14-24(15-17-26)28-7-4-3-6-27(28)18-35-30(39)8-5-9-31(40)41/h3-4,6-7,10-17,21,29,32-33,38H,5,8-9,18-20H2,1-2H3,(H,35,39)(H,40,41)/t21-,29+,32+,33+/m1/s1. The molecular weight excluding hydrogens is 611 g/mol. The van der Waals surface area contributed by atoms with Crippen molar-refractivity contribution in [3.63, 3.8) is 0 Å². The lowest BCUT2D eigenvalue weighted by Gasteiger charge is -2.41. The van der Waals surface area contributed by atoms with Gasteiger partial charge in [-0.3, -0.25) is 9.59 Å². The fourth-order valence-corrected chi connectivity index (χ4v) is 7.26. The number of carbonyl (C=O) groups is 2. The molecule has 3 N–H and O–H groups in total. The maximum absolute atomic E-state index is 12.3. The first kappa shape index (κ1) is 32.8. The molecule has 11 heteroatoms. The van der Waals surface area contributed by atoms with E-state index in [-0.39, 0.29) is 43.5 Å². The Morgan fingerprint density at radius 3 is 2.38 bits per heavy atom. The van der Waals surface area contributed by atoms with Crippen molar-refractivity contribution in [3.05, 3.63) is 100 Å². The van der Waals surface area contributed by atoms with Gasteiger partial charge in [0.1, 0.15) is 5.01 Å². The molecular formula is C34H37N3O6S2. The number of rotatable bonds is 13. The number of ether oxygens (including phenoxy) is 2. The van der Waals surface area contributed by atoms with Gasteiger partial charge in [-0.15, -0.1) is 10.2 Å². The van der Waals surface area contributed by atoms with Gasteiger partial charge in [-0.2, -0.15) is 0 Å². The largest absolute Gasteiger partial charge is 0.481 e. The minimum atomic E-state index is -0.903. The van der Waals surface area contributed by atoms with E-state index < -0.39 is 12.3 Å². The minimum Gasteiger partial charge on any atom is -0.481 e. The molecule has 45 heavy (non-hydrogen) atoms. The van der Waals surface area contributed by atoms with Crippen LogP contribution in [0.4, 0.5) is 0 Å². The number of hydrogen-bond acceptors (Lipinski definition) is 9. The molecule has 4 atom stereocenters. The number of amides is 1. The molecule has 0 saturated carbocycles. The summed E-state index contributed by atoms with van der Waals surface area (Å²) in [6.07, 6.45) is -0.444. The molecule has 0 unspecified atom stereocenters. The van der Waals surface area contributed by atoms with Gasteiger partial charge in [-0.05, 0) is 41.2 Å². The number of nitrogens with zero attached hydrogens (tertiary/aromatic N) is 2. The van der Waals surface area contributed by atoms with Gasteiger partial charge >= 0.3 is 5.97 Å². The molecule has 1 aromatic heterocycles. The number of carbonyl (C=O) groups excluding carboxylic acids is 1. The molecule has 1 aliphatic rings. The molecule has 0 radical (unpaired) electrons. The zero-order valence-corrected chi connectivity index (χ0v) is 26.9. The summed E-state index contributed by atoms with van der Waals surface area (Å²) in [5, 5.41) is 30.6. The quantitative estimate of drug-likeness (QED) is 0.140. The van der Waals surface area contributed by atoms with Crippen molar-refractivity contribution in [2.75, 3.05) is 5.75 Å². The average Bonchev–Trinajstić information content (AvgIpc) is 3.48. The van der Waals surface area contributed by atoms with Gasteiger partial charge in [0.25, 0.3) is 0 Å². The SMILES string of the molecule is Cc1nnc(SC[C@@H]2O[C@H](c3ccc(-c4ccccc4CNC(=O)CCCC(=O)O)cc3)O[C@H](c3ccc(CO)cc3)[C@@H]2C)s1. The summed E-state index contributed by atoms with van der Waals surface area (Å²) in [6.45, 7) is 4.42. The van der Waals surface area contributed by atoms with Crippen LogP contribution in [-0.2, 0) is 32.2 Å². The molecule has 0 bridgehead atoms. The molecule has 5 rings (SSSR count). The highest BCUT2D eigenvalue weighted by atomic mass is 32.2. The maximum atomic E-state index is 12.3. The molecule has 1 saturated heterocycles. The number of aliphatic hydroxyl groups is 1. The summed E-state index contributed by atoms with van der Waals surface area (Å²) in [4.78, 5) is 23.0. The van der Waals surface area contributed by atoms with E-state index >= 15 is 0 Å². The van der Waals surface area contributed by atoms with Crippen molar-refractivity contribution < 1.29 is 29.3 Å². The Labute approximate surface area is 271 Å². The van der Waals surface area contributed by atoms with Gasteiger partial charge in [0, 0.05) is 36.6 Å². The van der Waals surface area contributed by atoms with Crippen molar-refractivity contribution in [3.8, 4) is 11.1 Å². The Bertz CT molecular complexity index is 1580. The van der Waals surface area contributed by atoms with Crippen molar-refractivity contribution in [2.45, 2.75) is 69.1 Å². The van der Waals surface area contributed by atoms with Gasteiger partial charge in [0.05, 0.1) is 18.8 Å². The molecule has 236 valence electrons. The normalized spacial score (nSPS) is 19.7. The van der Waals surface area contributed by atoms with Crippen molar-refractivity contribution in [1.29, 1.82) is 0 Å². The summed E-state index contributed by atoms with van der Waals surface area (Å²) in [6, 6.07) is 23.9. The number of carboxylic acid groups (broad SMARTS) is 1. The van der Waals surface area contributed by atoms with Crippen LogP contribution in [0, 0.1) is 12.8 Å². The number of benzene rings is 3. The van der Waals surface area contributed by atoms with E-state index in [0.717, 1.165) is 42.7 Å². The van der Waals surface area contributed by atoms with E-state index in [1.165, 1.54) is 0 Å². The van der Waals surface area contributed by atoms with E-state index in [2.05, 4.69) is 22.4 Å². The van der Waals surface area contributed by atoms with Crippen LogP contribution >= 0.6 is 23.1 Å². The third-order valence-electron chi connectivity index (χ3n) is 7.78. The average molecular weight is 648 g/mol. The lowest BCUT2D eigenvalue weighted by molar-refractivity contribution is -0.268. The second-order valence-electron chi connectivity index (χ2n) is 11.0. The zero-order valence-electron chi connectivity index (χ0n) is 25.2. The number of thioether (sulfide) groups is 1. The highest BCUT2D eigenvalue weighted by Gasteiger charge is 2.38. The number of aromatic nitrogens is 2. The smallest absolute Gasteiger partial charge is 0.303 e. The summed E-state index contributed by atoms with van der Waals surface area (Å²) in [5.74, 6) is -0.306.